The van der Waals surface area contributed by atoms with Gasteiger partial charge in [-0.15, -0.1) is 12.1 Å². The number of rotatable bonds is 3. The number of hydrogen-bond acceptors (Lipinski definition) is 2. The summed E-state index contributed by atoms with van der Waals surface area (Å²) < 4.78 is 5.49. The largest absolute Gasteiger partial charge is 1.00 e. The van der Waals surface area contributed by atoms with Gasteiger partial charge >= 0.3 is 64.2 Å². The summed E-state index contributed by atoms with van der Waals surface area (Å²) in [7, 11) is 0. The molecule has 1 aromatic rings. The summed E-state index contributed by atoms with van der Waals surface area (Å²) in [6, 6.07) is 10.1. The first-order chi connectivity index (χ1) is 10.7. The van der Waals surface area contributed by atoms with Crippen molar-refractivity contribution in [3.63, 3.8) is 0 Å². The molecule has 0 spiro atoms. The van der Waals surface area contributed by atoms with E-state index in [9.17, 15) is 4.79 Å². The third-order valence-electron chi connectivity index (χ3n) is 5.74. The number of benzene rings is 1. The van der Waals surface area contributed by atoms with Crippen molar-refractivity contribution in [1.29, 1.82) is 0 Å². The Bertz CT molecular complexity index is 472. The quantitative estimate of drug-likeness (QED) is 0.453. The molecule has 23 heavy (non-hydrogen) atoms. The molecule has 2 aliphatic rings. The zero-order chi connectivity index (χ0) is 15.4. The molecule has 0 saturated heterocycles. The van der Waals surface area contributed by atoms with Crippen LogP contribution in [0.3, 0.4) is 0 Å². The van der Waals surface area contributed by atoms with Crippen LogP contribution in [0.15, 0.2) is 24.3 Å². The SMILES string of the molecule is CC1CCC(C2CCC(C(=O)Oc3cc[c-]cc3)CC2)CC1.[Rb+]. The molecule has 0 heterocycles. The Balaban J connectivity index is 0.00000192. The standard InChI is InChI=1S/C20H27O2.Rb/c1-15-7-9-16(10-8-15)17-11-13-18(14-12-17)20(21)22-19-5-3-2-4-6-19;/h3-6,15-18H,7-14H2,1H3;/q-1;+1. The van der Waals surface area contributed by atoms with Gasteiger partial charge in [0.05, 0.1) is 5.92 Å². The molecule has 2 fully saturated rings. The number of esters is 1. The van der Waals surface area contributed by atoms with Crippen LogP contribution in [0.2, 0.25) is 0 Å². The predicted molar refractivity (Wildman–Crippen MR) is 87.5 cm³/mol. The van der Waals surface area contributed by atoms with Gasteiger partial charge in [0.2, 0.25) is 0 Å². The number of carbonyl (C=O) groups excluding carboxylic acids is 1. The number of carbonyl (C=O) groups is 1. The fourth-order valence-electron chi connectivity index (χ4n) is 4.22. The van der Waals surface area contributed by atoms with Crippen LogP contribution in [-0.4, -0.2) is 5.97 Å². The molecular weight excluding hydrogens is 358 g/mol. The van der Waals surface area contributed by atoms with Gasteiger partial charge in [0.1, 0.15) is 0 Å². The Morgan fingerprint density at radius 1 is 0.957 bits per heavy atom. The maximum atomic E-state index is 12.3. The van der Waals surface area contributed by atoms with Crippen LogP contribution < -0.4 is 62.9 Å². The van der Waals surface area contributed by atoms with Crippen LogP contribution in [0.5, 0.6) is 5.75 Å². The average molecular weight is 385 g/mol. The smallest absolute Gasteiger partial charge is 0.453 e. The van der Waals surface area contributed by atoms with Crippen LogP contribution >= 0.6 is 0 Å². The minimum atomic E-state index is -0.0399. The summed E-state index contributed by atoms with van der Waals surface area (Å²) in [5.74, 6) is 3.39. The molecule has 2 aliphatic carbocycles. The molecule has 2 nitrogen and oxygen atoms in total. The normalized spacial score (nSPS) is 31.0. The Morgan fingerprint density at radius 3 is 2.04 bits per heavy atom. The van der Waals surface area contributed by atoms with Crippen molar-refractivity contribution in [3.05, 3.63) is 30.3 Å². The molecule has 3 heteroatoms. The van der Waals surface area contributed by atoms with Crippen molar-refractivity contribution in [1.82, 2.24) is 0 Å². The topological polar surface area (TPSA) is 26.3 Å². The molecule has 1 aromatic carbocycles. The van der Waals surface area contributed by atoms with Crippen LogP contribution in [0.25, 0.3) is 0 Å². The van der Waals surface area contributed by atoms with Gasteiger partial charge in [-0.2, -0.15) is 18.2 Å². The molecule has 0 aliphatic heterocycles. The zero-order valence-electron chi connectivity index (χ0n) is 14.6. The minimum Gasteiger partial charge on any atom is -0.453 e. The Kier molecular flexibility index (Phi) is 8.48. The maximum absolute atomic E-state index is 12.3. The van der Waals surface area contributed by atoms with E-state index in [0.29, 0.717) is 5.75 Å². The van der Waals surface area contributed by atoms with Gasteiger partial charge in [0.25, 0.3) is 0 Å². The summed E-state index contributed by atoms with van der Waals surface area (Å²) in [4.78, 5) is 12.3. The van der Waals surface area contributed by atoms with E-state index in [0.717, 1.165) is 30.6 Å². The van der Waals surface area contributed by atoms with Gasteiger partial charge in [0.15, 0.2) is 0 Å². The van der Waals surface area contributed by atoms with E-state index < -0.39 is 0 Å². The summed E-state index contributed by atoms with van der Waals surface area (Å²) in [6.45, 7) is 2.38. The first-order valence-electron chi connectivity index (χ1n) is 8.90. The molecule has 0 aromatic heterocycles. The van der Waals surface area contributed by atoms with Crippen LogP contribution in [0.4, 0.5) is 0 Å². The molecule has 0 N–H and O–H groups in total. The van der Waals surface area contributed by atoms with Gasteiger partial charge in [-0.3, -0.25) is 4.79 Å². The van der Waals surface area contributed by atoms with Crippen molar-refractivity contribution >= 4 is 5.97 Å². The van der Waals surface area contributed by atoms with E-state index >= 15 is 0 Å². The zero-order valence-corrected chi connectivity index (χ0v) is 19.5. The molecule has 3 rings (SSSR count). The minimum absolute atomic E-state index is 0. The molecule has 0 amide bonds. The van der Waals surface area contributed by atoms with E-state index in [1.165, 1.54) is 38.5 Å². The Labute approximate surface area is 189 Å². The van der Waals surface area contributed by atoms with Crippen molar-refractivity contribution in [2.45, 2.75) is 58.3 Å². The summed E-state index contributed by atoms with van der Waals surface area (Å²) >= 11 is 0. The Hall–Kier alpha value is 0.495. The molecular formula is C20H27O2Rb. The van der Waals surface area contributed by atoms with Crippen LogP contribution in [0, 0.1) is 29.7 Å². The molecule has 0 radical (unpaired) electrons. The second-order valence-electron chi connectivity index (χ2n) is 7.29. The summed E-state index contributed by atoms with van der Waals surface area (Å²) in [5, 5.41) is 0. The van der Waals surface area contributed by atoms with E-state index in [1.54, 1.807) is 24.3 Å². The van der Waals surface area contributed by atoms with Crippen molar-refractivity contribution in [2.75, 3.05) is 0 Å². The monoisotopic (exact) mass is 384 g/mol. The molecule has 0 unspecified atom stereocenters. The third kappa shape index (κ3) is 5.76. The predicted octanol–water partition coefficient (Wildman–Crippen LogP) is 2.03. The molecule has 120 valence electrons. The van der Waals surface area contributed by atoms with E-state index in [-0.39, 0.29) is 70.1 Å². The number of ether oxygens (including phenoxy) is 1. The van der Waals surface area contributed by atoms with Gasteiger partial charge < -0.3 is 4.74 Å². The fraction of sp³-hybridized carbons (Fsp3) is 0.650. The van der Waals surface area contributed by atoms with E-state index in [2.05, 4.69) is 13.0 Å². The average Bonchev–Trinajstić information content (AvgIpc) is 2.57. The molecule has 0 atom stereocenters. The molecule has 0 bridgehead atoms. The second-order valence-corrected chi connectivity index (χ2v) is 7.29. The first-order valence-corrected chi connectivity index (χ1v) is 8.90. The van der Waals surface area contributed by atoms with E-state index in [4.69, 9.17) is 4.74 Å². The van der Waals surface area contributed by atoms with Crippen molar-refractivity contribution < 1.29 is 67.7 Å². The van der Waals surface area contributed by atoms with Gasteiger partial charge in [-0.25, -0.2) is 0 Å². The van der Waals surface area contributed by atoms with Crippen LogP contribution in [0.1, 0.15) is 58.3 Å². The third-order valence-corrected chi connectivity index (χ3v) is 5.74. The van der Waals surface area contributed by atoms with Crippen molar-refractivity contribution in [2.24, 2.45) is 23.7 Å². The number of hydrogen-bond donors (Lipinski definition) is 0. The second kappa shape index (κ2) is 9.84. The van der Waals surface area contributed by atoms with Crippen LogP contribution in [-0.2, 0) is 4.79 Å². The van der Waals surface area contributed by atoms with Gasteiger partial charge in [-0.05, 0) is 56.3 Å². The fourth-order valence-corrected chi connectivity index (χ4v) is 4.22. The first kappa shape index (κ1) is 19.8. The molecule has 2 saturated carbocycles. The maximum Gasteiger partial charge on any atom is 1.00 e. The summed E-state index contributed by atoms with van der Waals surface area (Å²) in [5.41, 5.74) is 0. The van der Waals surface area contributed by atoms with Gasteiger partial charge in [0, 0.05) is 5.75 Å². The Morgan fingerprint density at radius 2 is 1.48 bits per heavy atom. The van der Waals surface area contributed by atoms with E-state index in [1.807, 2.05) is 0 Å². The summed E-state index contributed by atoms with van der Waals surface area (Å²) in [6.07, 6.45) is 10.0. The van der Waals surface area contributed by atoms with Gasteiger partial charge in [-0.1, -0.05) is 19.8 Å². The van der Waals surface area contributed by atoms with Crippen molar-refractivity contribution in [3.8, 4) is 5.75 Å².